The molecule has 0 aliphatic heterocycles. The Hall–Kier alpha value is -1.25. The van der Waals surface area contributed by atoms with Crippen molar-refractivity contribution in [2.75, 3.05) is 0 Å². The first-order valence-corrected chi connectivity index (χ1v) is 2.56. The third kappa shape index (κ3) is 1.10. The largest absolute Gasteiger partial charge is 0.296 e. The molecule has 1 aromatic rings. The first-order chi connectivity index (χ1) is 4.34. The fourth-order valence-electron chi connectivity index (χ4n) is 0.532. The van der Waals surface area contributed by atoms with Gasteiger partial charge in [0.05, 0.1) is 0 Å². The Labute approximate surface area is 52.8 Å². The molecule has 3 nitrogen and oxygen atoms in total. The van der Waals surface area contributed by atoms with Crippen LogP contribution in [0.25, 0.3) is 0 Å². The van der Waals surface area contributed by atoms with Gasteiger partial charge in [-0.3, -0.25) is 4.79 Å². The van der Waals surface area contributed by atoms with Crippen LogP contribution in [-0.4, -0.2) is 16.3 Å². The van der Waals surface area contributed by atoms with Gasteiger partial charge in [-0.25, -0.2) is 9.97 Å². The molecule has 1 heterocycles. The van der Waals surface area contributed by atoms with Crippen LogP contribution in [0.15, 0.2) is 12.5 Å². The third-order valence-electron chi connectivity index (χ3n) is 1.05. The van der Waals surface area contributed by atoms with E-state index in [2.05, 4.69) is 9.97 Å². The summed E-state index contributed by atoms with van der Waals surface area (Å²) < 4.78 is 0. The lowest BCUT2D eigenvalue weighted by Gasteiger charge is -1.90. The van der Waals surface area contributed by atoms with Crippen molar-refractivity contribution in [1.82, 2.24) is 9.97 Å². The first kappa shape index (κ1) is 5.88. The predicted molar refractivity (Wildman–Crippen MR) is 32.2 cm³/mol. The van der Waals surface area contributed by atoms with E-state index in [1.165, 1.54) is 6.33 Å². The molecule has 0 aliphatic carbocycles. The summed E-state index contributed by atoms with van der Waals surface area (Å²) in [4.78, 5) is 17.6. The number of aldehydes is 1. The SMILES string of the molecule is Cc1cncnc1C=O. The molecule has 0 atom stereocenters. The molecule has 0 N–H and O–H groups in total. The average molecular weight is 122 g/mol. The molecule has 46 valence electrons. The van der Waals surface area contributed by atoms with Crippen molar-refractivity contribution in [1.29, 1.82) is 0 Å². The standard InChI is InChI=1S/C6H6N2O/c1-5-2-7-4-8-6(5)3-9/h2-4H,1H3. The lowest BCUT2D eigenvalue weighted by molar-refractivity contribution is 0.111. The van der Waals surface area contributed by atoms with Gasteiger partial charge in [0.1, 0.15) is 12.0 Å². The van der Waals surface area contributed by atoms with Crippen molar-refractivity contribution in [2.45, 2.75) is 6.92 Å². The van der Waals surface area contributed by atoms with Gasteiger partial charge in [-0.15, -0.1) is 0 Å². The number of nitrogens with zero attached hydrogens (tertiary/aromatic N) is 2. The molecule has 0 saturated heterocycles. The van der Waals surface area contributed by atoms with Gasteiger partial charge >= 0.3 is 0 Å². The lowest BCUT2D eigenvalue weighted by atomic mass is 10.3. The zero-order valence-electron chi connectivity index (χ0n) is 5.03. The number of hydrogen-bond acceptors (Lipinski definition) is 3. The molecule has 0 amide bonds. The summed E-state index contributed by atoms with van der Waals surface area (Å²) in [7, 11) is 0. The van der Waals surface area contributed by atoms with Crippen molar-refractivity contribution in [3.05, 3.63) is 23.8 Å². The molecular formula is C6H6N2O. The van der Waals surface area contributed by atoms with Crippen LogP contribution in [0.5, 0.6) is 0 Å². The highest BCUT2D eigenvalue weighted by Crippen LogP contribution is 1.95. The maximum absolute atomic E-state index is 10.1. The monoisotopic (exact) mass is 122 g/mol. The average Bonchev–Trinajstić information content (AvgIpc) is 1.89. The third-order valence-corrected chi connectivity index (χ3v) is 1.05. The van der Waals surface area contributed by atoms with Crippen LogP contribution in [0.1, 0.15) is 16.1 Å². The summed E-state index contributed by atoms with van der Waals surface area (Å²) in [5, 5.41) is 0. The molecule has 0 aromatic carbocycles. The van der Waals surface area contributed by atoms with Gasteiger partial charge in [0.15, 0.2) is 6.29 Å². The van der Waals surface area contributed by atoms with Crippen molar-refractivity contribution >= 4 is 6.29 Å². The Bertz CT molecular complexity index is 222. The predicted octanol–water partition coefficient (Wildman–Crippen LogP) is 0.598. The molecule has 0 radical (unpaired) electrons. The van der Waals surface area contributed by atoms with E-state index in [0.717, 1.165) is 11.8 Å². The minimum absolute atomic E-state index is 0.463. The van der Waals surface area contributed by atoms with E-state index in [0.29, 0.717) is 5.69 Å². The second kappa shape index (κ2) is 2.35. The van der Waals surface area contributed by atoms with E-state index in [1.807, 2.05) is 0 Å². The molecular weight excluding hydrogens is 116 g/mol. The maximum atomic E-state index is 10.1. The van der Waals surface area contributed by atoms with E-state index in [-0.39, 0.29) is 0 Å². The number of carbonyl (C=O) groups excluding carboxylic acids is 1. The van der Waals surface area contributed by atoms with Gasteiger partial charge < -0.3 is 0 Å². The summed E-state index contributed by atoms with van der Waals surface area (Å²) in [6.45, 7) is 1.80. The topological polar surface area (TPSA) is 42.9 Å². The number of rotatable bonds is 1. The van der Waals surface area contributed by atoms with Crippen LogP contribution in [0.3, 0.4) is 0 Å². The summed E-state index contributed by atoms with van der Waals surface area (Å²) >= 11 is 0. The Balaban J connectivity index is 3.15. The second-order valence-electron chi connectivity index (χ2n) is 1.71. The van der Waals surface area contributed by atoms with Gasteiger partial charge in [0.2, 0.25) is 0 Å². The zero-order chi connectivity index (χ0) is 6.69. The highest BCUT2D eigenvalue weighted by molar-refractivity contribution is 5.73. The van der Waals surface area contributed by atoms with E-state index >= 15 is 0 Å². The molecule has 0 aliphatic rings. The summed E-state index contributed by atoms with van der Waals surface area (Å²) in [6, 6.07) is 0. The number of carbonyl (C=O) groups is 1. The van der Waals surface area contributed by atoms with Crippen LogP contribution in [-0.2, 0) is 0 Å². The molecule has 0 unspecified atom stereocenters. The van der Waals surface area contributed by atoms with Gasteiger partial charge in [-0.1, -0.05) is 0 Å². The lowest BCUT2D eigenvalue weighted by Crippen LogP contribution is -1.90. The van der Waals surface area contributed by atoms with Crippen LogP contribution >= 0.6 is 0 Å². The normalized spacial score (nSPS) is 9.00. The summed E-state index contributed by atoms with van der Waals surface area (Å²) in [6.07, 6.45) is 3.68. The first-order valence-electron chi connectivity index (χ1n) is 2.56. The molecule has 1 rings (SSSR count). The van der Waals surface area contributed by atoms with Crippen molar-refractivity contribution < 1.29 is 4.79 Å². The summed E-state index contributed by atoms with van der Waals surface area (Å²) in [5.41, 5.74) is 1.28. The Morgan fingerprint density at radius 2 is 2.44 bits per heavy atom. The number of hydrogen-bond donors (Lipinski definition) is 0. The highest BCUT2D eigenvalue weighted by Gasteiger charge is 1.93. The van der Waals surface area contributed by atoms with Gasteiger partial charge in [-0.2, -0.15) is 0 Å². The minimum atomic E-state index is 0.463. The fraction of sp³-hybridized carbons (Fsp3) is 0.167. The molecule has 0 fully saturated rings. The van der Waals surface area contributed by atoms with Crippen molar-refractivity contribution in [3.8, 4) is 0 Å². The van der Waals surface area contributed by atoms with E-state index in [4.69, 9.17) is 0 Å². The van der Waals surface area contributed by atoms with Crippen molar-refractivity contribution in [2.24, 2.45) is 0 Å². The molecule has 1 aromatic heterocycles. The Morgan fingerprint density at radius 1 is 1.67 bits per heavy atom. The van der Waals surface area contributed by atoms with Crippen LogP contribution in [0.2, 0.25) is 0 Å². The highest BCUT2D eigenvalue weighted by atomic mass is 16.1. The van der Waals surface area contributed by atoms with Gasteiger partial charge in [0, 0.05) is 6.20 Å². The Kier molecular flexibility index (Phi) is 1.53. The molecule has 0 spiro atoms. The van der Waals surface area contributed by atoms with Crippen molar-refractivity contribution in [3.63, 3.8) is 0 Å². The molecule has 0 bridgehead atoms. The summed E-state index contributed by atoms with van der Waals surface area (Å²) in [5.74, 6) is 0. The smallest absolute Gasteiger partial charge is 0.168 e. The maximum Gasteiger partial charge on any atom is 0.168 e. The van der Waals surface area contributed by atoms with E-state index in [9.17, 15) is 4.79 Å². The molecule has 9 heavy (non-hydrogen) atoms. The van der Waals surface area contributed by atoms with E-state index in [1.54, 1.807) is 13.1 Å². The number of aryl methyl sites for hydroxylation is 1. The quantitative estimate of drug-likeness (QED) is 0.512. The fourth-order valence-corrected chi connectivity index (χ4v) is 0.532. The van der Waals surface area contributed by atoms with Gasteiger partial charge in [0.25, 0.3) is 0 Å². The van der Waals surface area contributed by atoms with Crippen LogP contribution in [0.4, 0.5) is 0 Å². The zero-order valence-corrected chi connectivity index (χ0v) is 5.03. The van der Waals surface area contributed by atoms with Crippen LogP contribution in [0, 0.1) is 6.92 Å². The van der Waals surface area contributed by atoms with Crippen LogP contribution < -0.4 is 0 Å². The second-order valence-corrected chi connectivity index (χ2v) is 1.71. The van der Waals surface area contributed by atoms with E-state index < -0.39 is 0 Å². The number of aromatic nitrogens is 2. The molecule has 3 heteroatoms. The molecule has 0 saturated carbocycles. The van der Waals surface area contributed by atoms with Gasteiger partial charge in [-0.05, 0) is 12.5 Å². The minimum Gasteiger partial charge on any atom is -0.296 e. The Morgan fingerprint density at radius 3 is 2.89 bits per heavy atom.